The van der Waals surface area contributed by atoms with Gasteiger partial charge in [0.2, 0.25) is 11.7 Å². The minimum Gasteiger partial charge on any atom is -0.485 e. The molecule has 29 heavy (non-hydrogen) atoms. The number of hydrogen-bond donors (Lipinski definition) is 0. The first-order valence-electron chi connectivity index (χ1n) is 10.1. The van der Waals surface area contributed by atoms with Gasteiger partial charge in [0.1, 0.15) is 5.75 Å². The summed E-state index contributed by atoms with van der Waals surface area (Å²) in [7, 11) is 0. The highest BCUT2D eigenvalue weighted by atomic mass is 16.5. The molecular formula is C23H25N3O3. The van der Waals surface area contributed by atoms with Crippen molar-refractivity contribution in [3.8, 4) is 5.75 Å². The molecule has 1 fully saturated rings. The molecule has 150 valence electrons. The highest BCUT2D eigenvalue weighted by Crippen LogP contribution is 2.25. The van der Waals surface area contributed by atoms with E-state index in [0.717, 1.165) is 32.2 Å². The van der Waals surface area contributed by atoms with E-state index in [9.17, 15) is 4.79 Å². The molecule has 0 radical (unpaired) electrons. The van der Waals surface area contributed by atoms with Gasteiger partial charge in [0.15, 0.2) is 6.61 Å². The third-order valence-corrected chi connectivity index (χ3v) is 5.29. The highest BCUT2D eigenvalue weighted by Gasteiger charge is 2.29. The highest BCUT2D eigenvalue weighted by molar-refractivity contribution is 5.94. The van der Waals surface area contributed by atoms with Gasteiger partial charge in [-0.3, -0.25) is 4.79 Å². The first-order chi connectivity index (χ1) is 14.2. The molecule has 1 saturated heterocycles. The summed E-state index contributed by atoms with van der Waals surface area (Å²) in [5, 5.41) is 3.80. The van der Waals surface area contributed by atoms with Gasteiger partial charge in [0, 0.05) is 25.1 Å². The van der Waals surface area contributed by atoms with E-state index in [1.54, 1.807) is 6.92 Å². The molecule has 1 aromatic heterocycles. The lowest BCUT2D eigenvalue weighted by Gasteiger charge is -2.25. The van der Waals surface area contributed by atoms with Crippen LogP contribution in [-0.4, -0.2) is 33.5 Å². The Morgan fingerprint density at radius 2 is 1.97 bits per heavy atom. The number of aryl methyl sites for hydroxylation is 2. The molecule has 3 aromatic rings. The Labute approximate surface area is 170 Å². The van der Waals surface area contributed by atoms with E-state index >= 15 is 0 Å². The van der Waals surface area contributed by atoms with Gasteiger partial charge in [0.25, 0.3) is 5.91 Å². The van der Waals surface area contributed by atoms with Gasteiger partial charge >= 0.3 is 0 Å². The molecule has 1 aliphatic heterocycles. The monoisotopic (exact) mass is 391 g/mol. The third-order valence-electron chi connectivity index (χ3n) is 5.29. The van der Waals surface area contributed by atoms with Crippen molar-refractivity contribution >= 4 is 5.91 Å². The van der Waals surface area contributed by atoms with Gasteiger partial charge in [-0.05, 0) is 55.5 Å². The first kappa shape index (κ1) is 19.2. The van der Waals surface area contributed by atoms with Gasteiger partial charge < -0.3 is 14.2 Å². The van der Waals surface area contributed by atoms with Crippen LogP contribution in [0.2, 0.25) is 0 Å². The van der Waals surface area contributed by atoms with Crippen LogP contribution in [0.25, 0.3) is 0 Å². The number of benzene rings is 2. The predicted molar refractivity (Wildman–Crippen MR) is 109 cm³/mol. The quantitative estimate of drug-likeness (QED) is 0.604. The molecule has 1 unspecified atom stereocenters. The van der Waals surface area contributed by atoms with Gasteiger partial charge in [-0.1, -0.05) is 35.5 Å². The second-order valence-electron chi connectivity index (χ2n) is 7.36. The van der Waals surface area contributed by atoms with Gasteiger partial charge in [0.05, 0.1) is 0 Å². The van der Waals surface area contributed by atoms with Crippen molar-refractivity contribution in [1.29, 1.82) is 0 Å². The average molecular weight is 391 g/mol. The fourth-order valence-electron chi connectivity index (χ4n) is 3.79. The molecule has 2 aromatic carbocycles. The van der Waals surface area contributed by atoms with Crippen LogP contribution in [0.1, 0.15) is 46.9 Å². The second-order valence-corrected chi connectivity index (χ2v) is 7.36. The second kappa shape index (κ2) is 8.90. The molecule has 1 atom stereocenters. The van der Waals surface area contributed by atoms with Crippen LogP contribution < -0.4 is 4.74 Å². The predicted octanol–water partition coefficient (Wildman–Crippen LogP) is 4.19. The zero-order valence-electron chi connectivity index (χ0n) is 16.6. The molecule has 0 spiro atoms. The molecule has 1 aliphatic rings. The fourth-order valence-corrected chi connectivity index (χ4v) is 3.79. The standard InChI is InChI=1S/C23H25N3O3/c1-17-24-22(25-29-17)16-28-21-13-10-19(11-14-21)23(27)26-15-5-8-20(26)12-9-18-6-3-2-4-7-18/h2-4,6-7,10-11,13-14,20H,5,8-9,12,15-16H2,1H3. The maximum absolute atomic E-state index is 13.0. The topological polar surface area (TPSA) is 68.5 Å². The van der Waals surface area contributed by atoms with Crippen LogP contribution in [0, 0.1) is 6.92 Å². The molecule has 1 amide bonds. The summed E-state index contributed by atoms with van der Waals surface area (Å²) in [6, 6.07) is 18.0. The maximum Gasteiger partial charge on any atom is 0.254 e. The van der Waals surface area contributed by atoms with Crippen molar-refractivity contribution in [2.75, 3.05) is 6.54 Å². The van der Waals surface area contributed by atoms with Crippen molar-refractivity contribution < 1.29 is 14.1 Å². The van der Waals surface area contributed by atoms with E-state index in [4.69, 9.17) is 9.26 Å². The molecular weight excluding hydrogens is 366 g/mol. The molecule has 2 heterocycles. The molecule has 0 aliphatic carbocycles. The summed E-state index contributed by atoms with van der Waals surface area (Å²) < 4.78 is 10.6. The zero-order valence-corrected chi connectivity index (χ0v) is 16.6. The Hall–Kier alpha value is -3.15. The van der Waals surface area contributed by atoms with Crippen LogP contribution in [-0.2, 0) is 13.0 Å². The molecule has 4 rings (SSSR count). The number of aromatic nitrogens is 2. The van der Waals surface area contributed by atoms with Crippen molar-refractivity contribution in [1.82, 2.24) is 15.0 Å². The summed E-state index contributed by atoms with van der Waals surface area (Å²) >= 11 is 0. The Kier molecular flexibility index (Phi) is 5.89. The van der Waals surface area contributed by atoms with E-state index < -0.39 is 0 Å². The number of likely N-dealkylation sites (tertiary alicyclic amines) is 1. The number of amides is 1. The van der Waals surface area contributed by atoms with Crippen molar-refractivity contribution in [3.63, 3.8) is 0 Å². The molecule has 6 heteroatoms. The number of rotatable bonds is 7. The van der Waals surface area contributed by atoms with Crippen molar-refractivity contribution in [2.24, 2.45) is 0 Å². The Morgan fingerprint density at radius 1 is 1.17 bits per heavy atom. The van der Waals surface area contributed by atoms with Crippen LogP contribution in [0.4, 0.5) is 0 Å². The number of hydrogen-bond acceptors (Lipinski definition) is 5. The number of nitrogens with zero attached hydrogens (tertiary/aromatic N) is 3. The Balaban J connectivity index is 1.34. The smallest absolute Gasteiger partial charge is 0.254 e. The number of ether oxygens (including phenoxy) is 1. The lowest BCUT2D eigenvalue weighted by atomic mass is 10.0. The molecule has 0 saturated carbocycles. The summed E-state index contributed by atoms with van der Waals surface area (Å²) in [4.78, 5) is 19.2. The molecule has 0 bridgehead atoms. The normalized spacial score (nSPS) is 16.2. The number of carbonyl (C=O) groups is 1. The van der Waals surface area contributed by atoms with Crippen LogP contribution in [0.3, 0.4) is 0 Å². The first-order valence-corrected chi connectivity index (χ1v) is 10.1. The minimum atomic E-state index is 0.0981. The largest absolute Gasteiger partial charge is 0.485 e. The fraction of sp³-hybridized carbons (Fsp3) is 0.348. The van der Waals surface area contributed by atoms with E-state index in [-0.39, 0.29) is 12.5 Å². The van der Waals surface area contributed by atoms with Crippen molar-refractivity contribution in [3.05, 3.63) is 77.4 Å². The Morgan fingerprint density at radius 3 is 2.69 bits per heavy atom. The van der Waals surface area contributed by atoms with Gasteiger partial charge in [-0.15, -0.1) is 0 Å². The SMILES string of the molecule is Cc1nc(COc2ccc(C(=O)N3CCCC3CCc3ccccc3)cc2)no1. The summed E-state index contributed by atoms with van der Waals surface area (Å²) in [5.41, 5.74) is 2.02. The lowest BCUT2D eigenvalue weighted by molar-refractivity contribution is 0.0730. The maximum atomic E-state index is 13.0. The van der Waals surface area contributed by atoms with Gasteiger partial charge in [-0.25, -0.2) is 0 Å². The molecule has 0 N–H and O–H groups in total. The number of carbonyl (C=O) groups excluding carboxylic acids is 1. The Bertz CT molecular complexity index is 938. The van der Waals surface area contributed by atoms with Gasteiger partial charge in [-0.2, -0.15) is 4.98 Å². The third kappa shape index (κ3) is 4.83. The van der Waals surface area contributed by atoms with E-state index in [0.29, 0.717) is 29.1 Å². The average Bonchev–Trinajstić information content (AvgIpc) is 3.40. The van der Waals surface area contributed by atoms with Crippen molar-refractivity contribution in [2.45, 2.75) is 45.3 Å². The summed E-state index contributed by atoms with van der Waals surface area (Å²) in [5.74, 6) is 1.78. The summed E-state index contributed by atoms with van der Waals surface area (Å²) in [6.45, 7) is 2.80. The molecule has 6 nitrogen and oxygen atoms in total. The zero-order chi connectivity index (χ0) is 20.1. The van der Waals surface area contributed by atoms with Crippen LogP contribution >= 0.6 is 0 Å². The summed E-state index contributed by atoms with van der Waals surface area (Å²) in [6.07, 6.45) is 4.14. The van der Waals surface area contributed by atoms with E-state index in [1.807, 2.05) is 35.2 Å². The minimum absolute atomic E-state index is 0.0981. The van der Waals surface area contributed by atoms with Crippen LogP contribution in [0.5, 0.6) is 5.75 Å². The van der Waals surface area contributed by atoms with E-state index in [1.165, 1.54) is 5.56 Å². The lowest BCUT2D eigenvalue weighted by Crippen LogP contribution is -2.35. The van der Waals surface area contributed by atoms with Crippen LogP contribution in [0.15, 0.2) is 59.1 Å². The van der Waals surface area contributed by atoms with E-state index in [2.05, 4.69) is 34.4 Å².